The van der Waals surface area contributed by atoms with Crippen LogP contribution in [0.1, 0.15) is 6.42 Å². The van der Waals surface area contributed by atoms with E-state index in [4.69, 9.17) is 10.8 Å². The Morgan fingerprint density at radius 2 is 2.40 bits per heavy atom. The van der Waals surface area contributed by atoms with Gasteiger partial charge < -0.3 is 15.7 Å². The number of carboxylic acids is 1. The molecule has 0 amide bonds. The first-order valence-electron chi connectivity index (χ1n) is 4.65. The molecule has 6 heteroatoms. The van der Waals surface area contributed by atoms with Crippen molar-refractivity contribution in [2.45, 2.75) is 12.0 Å². The Bertz CT molecular complexity index is 370. The van der Waals surface area contributed by atoms with Crippen LogP contribution in [0.4, 0.5) is 5.82 Å². The third-order valence-corrected chi connectivity index (χ3v) is 2.60. The van der Waals surface area contributed by atoms with Crippen molar-refractivity contribution in [2.24, 2.45) is 5.73 Å². The van der Waals surface area contributed by atoms with Crippen molar-refractivity contribution >= 4 is 11.8 Å². The Balaban J connectivity index is 2.14. The minimum atomic E-state index is -1.16. The standard InChI is InChI=1S/C9H12N4O2/c10-9(8(14)15)1-4-13(6-9)7-5-11-2-3-12-7/h2-3,5H,1,4,6,10H2,(H,14,15). The molecule has 0 aliphatic carbocycles. The molecule has 1 fully saturated rings. The largest absolute Gasteiger partial charge is 0.480 e. The highest BCUT2D eigenvalue weighted by atomic mass is 16.4. The Labute approximate surface area is 86.7 Å². The van der Waals surface area contributed by atoms with E-state index in [2.05, 4.69) is 9.97 Å². The molecule has 0 aromatic carbocycles. The smallest absolute Gasteiger partial charge is 0.325 e. The van der Waals surface area contributed by atoms with Crippen LogP contribution in [0.25, 0.3) is 0 Å². The zero-order chi connectivity index (χ0) is 10.9. The van der Waals surface area contributed by atoms with Crippen LogP contribution >= 0.6 is 0 Å². The molecule has 15 heavy (non-hydrogen) atoms. The Morgan fingerprint density at radius 1 is 1.60 bits per heavy atom. The van der Waals surface area contributed by atoms with Crippen molar-refractivity contribution in [3.8, 4) is 0 Å². The number of rotatable bonds is 2. The van der Waals surface area contributed by atoms with Gasteiger partial charge in [-0.25, -0.2) is 4.98 Å². The number of nitrogens with zero attached hydrogens (tertiary/aromatic N) is 3. The quantitative estimate of drug-likeness (QED) is 0.678. The fourth-order valence-electron chi connectivity index (χ4n) is 1.66. The second kappa shape index (κ2) is 3.47. The number of carbonyl (C=O) groups is 1. The van der Waals surface area contributed by atoms with E-state index in [9.17, 15) is 4.79 Å². The minimum absolute atomic E-state index is 0.279. The van der Waals surface area contributed by atoms with Crippen molar-refractivity contribution in [3.63, 3.8) is 0 Å². The van der Waals surface area contributed by atoms with Gasteiger partial charge >= 0.3 is 5.97 Å². The van der Waals surface area contributed by atoms with Crippen LogP contribution in [0.15, 0.2) is 18.6 Å². The molecular formula is C9H12N4O2. The van der Waals surface area contributed by atoms with Gasteiger partial charge in [-0.2, -0.15) is 0 Å². The van der Waals surface area contributed by atoms with E-state index in [1.54, 1.807) is 18.6 Å². The molecule has 0 spiro atoms. The first kappa shape index (κ1) is 9.85. The molecule has 2 heterocycles. The van der Waals surface area contributed by atoms with Gasteiger partial charge in [0.05, 0.1) is 6.20 Å². The molecule has 0 radical (unpaired) electrons. The summed E-state index contributed by atoms with van der Waals surface area (Å²) in [6, 6.07) is 0. The summed E-state index contributed by atoms with van der Waals surface area (Å²) in [5, 5.41) is 8.95. The SMILES string of the molecule is NC1(C(=O)O)CCN(c2cnccn2)C1. The molecule has 3 N–H and O–H groups in total. The molecule has 0 saturated carbocycles. The molecule has 1 saturated heterocycles. The summed E-state index contributed by atoms with van der Waals surface area (Å²) < 4.78 is 0. The molecule has 80 valence electrons. The van der Waals surface area contributed by atoms with Crippen molar-refractivity contribution in [1.82, 2.24) is 9.97 Å². The molecule has 6 nitrogen and oxygen atoms in total. The number of hydrogen-bond acceptors (Lipinski definition) is 5. The predicted octanol–water partition coefficient (Wildman–Crippen LogP) is -0.531. The second-order valence-corrected chi connectivity index (χ2v) is 3.70. The normalized spacial score (nSPS) is 25.5. The lowest BCUT2D eigenvalue weighted by Crippen LogP contribution is -2.50. The van der Waals surface area contributed by atoms with Crippen LogP contribution in [0.2, 0.25) is 0 Å². The summed E-state index contributed by atoms with van der Waals surface area (Å²) >= 11 is 0. The number of anilines is 1. The Morgan fingerprint density at radius 3 is 2.93 bits per heavy atom. The van der Waals surface area contributed by atoms with E-state index in [1.807, 2.05) is 4.90 Å². The van der Waals surface area contributed by atoms with E-state index in [1.165, 1.54) is 0 Å². The average molecular weight is 208 g/mol. The van der Waals surface area contributed by atoms with E-state index >= 15 is 0 Å². The van der Waals surface area contributed by atoms with Crippen LogP contribution in [-0.4, -0.2) is 39.7 Å². The van der Waals surface area contributed by atoms with Crippen molar-refractivity contribution in [1.29, 1.82) is 0 Å². The molecule has 1 aromatic heterocycles. The van der Waals surface area contributed by atoms with Gasteiger partial charge in [-0.15, -0.1) is 0 Å². The molecule has 0 bridgehead atoms. The van der Waals surface area contributed by atoms with E-state index < -0.39 is 11.5 Å². The summed E-state index contributed by atoms with van der Waals surface area (Å²) in [5.41, 5.74) is 4.58. The van der Waals surface area contributed by atoms with Crippen molar-refractivity contribution < 1.29 is 9.90 Å². The van der Waals surface area contributed by atoms with Crippen LogP contribution in [0, 0.1) is 0 Å². The van der Waals surface area contributed by atoms with Gasteiger partial charge in [0.15, 0.2) is 0 Å². The van der Waals surface area contributed by atoms with Gasteiger partial charge in [-0.3, -0.25) is 9.78 Å². The lowest BCUT2D eigenvalue weighted by molar-refractivity contribution is -0.142. The van der Waals surface area contributed by atoms with Crippen LogP contribution in [-0.2, 0) is 4.79 Å². The highest BCUT2D eigenvalue weighted by Gasteiger charge is 2.41. The first-order chi connectivity index (χ1) is 7.12. The van der Waals surface area contributed by atoms with Gasteiger partial charge in [0.25, 0.3) is 0 Å². The zero-order valence-electron chi connectivity index (χ0n) is 8.13. The monoisotopic (exact) mass is 208 g/mol. The van der Waals surface area contributed by atoms with E-state index in [0.29, 0.717) is 18.8 Å². The van der Waals surface area contributed by atoms with Gasteiger partial charge in [0.2, 0.25) is 0 Å². The number of aliphatic carboxylic acids is 1. The fraction of sp³-hybridized carbons (Fsp3) is 0.444. The van der Waals surface area contributed by atoms with E-state index in [0.717, 1.165) is 0 Å². The molecule has 1 atom stereocenters. The van der Waals surface area contributed by atoms with Crippen molar-refractivity contribution in [3.05, 3.63) is 18.6 Å². The topological polar surface area (TPSA) is 92.3 Å². The molecule has 1 aliphatic heterocycles. The van der Waals surface area contributed by atoms with Crippen LogP contribution in [0.5, 0.6) is 0 Å². The van der Waals surface area contributed by atoms with Crippen molar-refractivity contribution in [2.75, 3.05) is 18.0 Å². The highest BCUT2D eigenvalue weighted by molar-refractivity contribution is 5.80. The lowest BCUT2D eigenvalue weighted by Gasteiger charge is -2.20. The van der Waals surface area contributed by atoms with Gasteiger partial charge in [0, 0.05) is 25.5 Å². The maximum Gasteiger partial charge on any atom is 0.325 e. The summed E-state index contributed by atoms with van der Waals surface area (Å²) in [6.45, 7) is 0.878. The zero-order valence-corrected chi connectivity index (χ0v) is 8.13. The number of nitrogens with two attached hydrogens (primary N) is 1. The lowest BCUT2D eigenvalue weighted by atomic mass is 10.0. The Hall–Kier alpha value is -1.69. The fourth-order valence-corrected chi connectivity index (χ4v) is 1.66. The summed E-state index contributed by atoms with van der Waals surface area (Å²) in [4.78, 5) is 20.8. The predicted molar refractivity (Wildman–Crippen MR) is 53.4 cm³/mol. The second-order valence-electron chi connectivity index (χ2n) is 3.70. The number of hydrogen-bond donors (Lipinski definition) is 2. The molecular weight excluding hydrogens is 196 g/mol. The molecule has 1 unspecified atom stereocenters. The van der Waals surface area contributed by atoms with Crippen LogP contribution in [0.3, 0.4) is 0 Å². The molecule has 1 aliphatic rings. The molecule has 1 aromatic rings. The first-order valence-corrected chi connectivity index (χ1v) is 4.65. The maximum atomic E-state index is 10.9. The maximum absolute atomic E-state index is 10.9. The number of carboxylic acid groups (broad SMARTS) is 1. The third-order valence-electron chi connectivity index (χ3n) is 2.60. The third kappa shape index (κ3) is 1.75. The van der Waals surface area contributed by atoms with Gasteiger partial charge in [-0.1, -0.05) is 0 Å². The van der Waals surface area contributed by atoms with Gasteiger partial charge in [0.1, 0.15) is 11.4 Å². The van der Waals surface area contributed by atoms with Gasteiger partial charge in [-0.05, 0) is 6.42 Å². The highest BCUT2D eigenvalue weighted by Crippen LogP contribution is 2.22. The van der Waals surface area contributed by atoms with E-state index in [-0.39, 0.29) is 6.54 Å². The summed E-state index contributed by atoms with van der Waals surface area (Å²) in [7, 11) is 0. The average Bonchev–Trinajstić information content (AvgIpc) is 2.64. The summed E-state index contributed by atoms with van der Waals surface area (Å²) in [6.07, 6.45) is 5.19. The Kier molecular flexibility index (Phi) is 2.28. The number of aromatic nitrogens is 2. The molecule has 2 rings (SSSR count). The summed E-state index contributed by atoms with van der Waals surface area (Å²) in [5.74, 6) is -0.292. The van der Waals surface area contributed by atoms with Crippen LogP contribution < -0.4 is 10.6 Å². The minimum Gasteiger partial charge on any atom is -0.480 e.